The summed E-state index contributed by atoms with van der Waals surface area (Å²) >= 11 is 0. The minimum Gasteiger partial charge on any atom is -0.480 e. The number of carbonyl (C=O) groups is 1. The van der Waals surface area contributed by atoms with Crippen molar-refractivity contribution in [3.8, 4) is 0 Å². The van der Waals surface area contributed by atoms with Crippen LogP contribution in [0.1, 0.15) is 11.6 Å². The Bertz CT molecular complexity index is 478. The molecule has 0 amide bonds. The number of aromatic amines is 1. The van der Waals surface area contributed by atoms with Gasteiger partial charge in [-0.15, -0.1) is 0 Å². The number of fused-ring (bicyclic) bond motifs is 1. The summed E-state index contributed by atoms with van der Waals surface area (Å²) in [6.45, 7) is 0. The lowest BCUT2D eigenvalue weighted by molar-refractivity contribution is -0.138. The SMILES string of the molecule is NC(C(=O)O)c1c[nH]c2ncccc12. The third-order valence-electron chi connectivity index (χ3n) is 2.08. The topological polar surface area (TPSA) is 92.0 Å². The number of H-pyrrole nitrogens is 1. The van der Waals surface area contributed by atoms with Crippen LogP contribution in [0, 0.1) is 0 Å². The van der Waals surface area contributed by atoms with Crippen molar-refractivity contribution in [2.24, 2.45) is 5.73 Å². The molecule has 14 heavy (non-hydrogen) atoms. The molecular weight excluding hydrogens is 182 g/mol. The van der Waals surface area contributed by atoms with E-state index >= 15 is 0 Å². The zero-order valence-corrected chi connectivity index (χ0v) is 7.27. The van der Waals surface area contributed by atoms with Gasteiger partial charge in [-0.1, -0.05) is 0 Å². The number of hydrogen-bond acceptors (Lipinski definition) is 3. The van der Waals surface area contributed by atoms with Crippen LogP contribution in [0.4, 0.5) is 0 Å². The Morgan fingerprint density at radius 3 is 3.14 bits per heavy atom. The number of nitrogens with zero attached hydrogens (tertiary/aromatic N) is 1. The van der Waals surface area contributed by atoms with Crippen molar-refractivity contribution in [1.82, 2.24) is 9.97 Å². The van der Waals surface area contributed by atoms with E-state index in [-0.39, 0.29) is 0 Å². The largest absolute Gasteiger partial charge is 0.480 e. The number of nitrogens with two attached hydrogens (primary N) is 1. The fourth-order valence-electron chi connectivity index (χ4n) is 1.37. The lowest BCUT2D eigenvalue weighted by Crippen LogP contribution is -2.20. The molecule has 0 saturated carbocycles. The minimum atomic E-state index is -1.05. The molecular formula is C9H9N3O2. The predicted octanol–water partition coefficient (Wildman–Crippen LogP) is 0.647. The van der Waals surface area contributed by atoms with Gasteiger partial charge in [-0.3, -0.25) is 4.79 Å². The average molecular weight is 191 g/mol. The van der Waals surface area contributed by atoms with E-state index in [1.165, 1.54) is 0 Å². The normalized spacial score (nSPS) is 12.9. The van der Waals surface area contributed by atoms with Gasteiger partial charge < -0.3 is 15.8 Å². The molecule has 0 aliphatic rings. The Kier molecular flexibility index (Phi) is 1.94. The molecule has 5 heteroatoms. The molecule has 0 saturated heterocycles. The first-order chi connectivity index (χ1) is 6.70. The summed E-state index contributed by atoms with van der Waals surface area (Å²) < 4.78 is 0. The van der Waals surface area contributed by atoms with Gasteiger partial charge in [0.05, 0.1) is 0 Å². The van der Waals surface area contributed by atoms with E-state index in [0.29, 0.717) is 11.2 Å². The van der Waals surface area contributed by atoms with E-state index in [2.05, 4.69) is 9.97 Å². The molecule has 0 aliphatic heterocycles. The zero-order valence-electron chi connectivity index (χ0n) is 7.27. The number of nitrogens with one attached hydrogen (secondary N) is 1. The van der Waals surface area contributed by atoms with E-state index in [9.17, 15) is 4.79 Å². The van der Waals surface area contributed by atoms with Crippen LogP contribution in [0.3, 0.4) is 0 Å². The van der Waals surface area contributed by atoms with Crippen molar-refractivity contribution in [2.75, 3.05) is 0 Å². The van der Waals surface area contributed by atoms with Crippen LogP contribution in [0.15, 0.2) is 24.5 Å². The third kappa shape index (κ3) is 1.23. The molecule has 2 rings (SSSR count). The molecule has 0 spiro atoms. The van der Waals surface area contributed by atoms with Crippen molar-refractivity contribution >= 4 is 17.0 Å². The van der Waals surface area contributed by atoms with Crippen molar-refractivity contribution in [2.45, 2.75) is 6.04 Å². The van der Waals surface area contributed by atoms with Crippen molar-refractivity contribution < 1.29 is 9.90 Å². The van der Waals surface area contributed by atoms with Gasteiger partial charge in [0.25, 0.3) is 0 Å². The molecule has 2 aromatic heterocycles. The summed E-state index contributed by atoms with van der Waals surface area (Å²) in [5.74, 6) is -1.05. The molecule has 0 fully saturated rings. The van der Waals surface area contributed by atoms with E-state index in [0.717, 1.165) is 5.39 Å². The van der Waals surface area contributed by atoms with Crippen LogP contribution in [0.25, 0.3) is 11.0 Å². The van der Waals surface area contributed by atoms with E-state index in [1.54, 1.807) is 24.5 Å². The van der Waals surface area contributed by atoms with E-state index in [1.807, 2.05) is 0 Å². The number of aliphatic carboxylic acids is 1. The third-order valence-corrected chi connectivity index (χ3v) is 2.08. The quantitative estimate of drug-likeness (QED) is 0.649. The van der Waals surface area contributed by atoms with Crippen LogP contribution < -0.4 is 5.73 Å². The lowest BCUT2D eigenvalue weighted by atomic mass is 10.1. The first-order valence-electron chi connectivity index (χ1n) is 4.10. The molecule has 0 radical (unpaired) electrons. The van der Waals surface area contributed by atoms with Gasteiger partial charge in [-0.25, -0.2) is 4.98 Å². The van der Waals surface area contributed by atoms with Gasteiger partial charge in [0.2, 0.25) is 0 Å². The summed E-state index contributed by atoms with van der Waals surface area (Å²) in [6, 6.07) is 2.53. The highest BCUT2D eigenvalue weighted by Crippen LogP contribution is 2.20. The highest BCUT2D eigenvalue weighted by atomic mass is 16.4. The molecule has 2 aromatic rings. The molecule has 1 atom stereocenters. The monoisotopic (exact) mass is 191 g/mol. The number of pyridine rings is 1. The van der Waals surface area contributed by atoms with Gasteiger partial charge in [0.1, 0.15) is 11.7 Å². The smallest absolute Gasteiger partial charge is 0.325 e. The number of carboxylic acids is 1. The van der Waals surface area contributed by atoms with Gasteiger partial charge in [0, 0.05) is 23.3 Å². The fourth-order valence-corrected chi connectivity index (χ4v) is 1.37. The second-order valence-corrected chi connectivity index (χ2v) is 2.96. The minimum absolute atomic E-state index is 0.556. The number of carboxylic acid groups (broad SMARTS) is 1. The van der Waals surface area contributed by atoms with Crippen LogP contribution in [-0.4, -0.2) is 21.0 Å². The summed E-state index contributed by atoms with van der Waals surface area (Å²) in [5, 5.41) is 9.51. The van der Waals surface area contributed by atoms with Gasteiger partial charge in [-0.05, 0) is 12.1 Å². The Morgan fingerprint density at radius 2 is 2.43 bits per heavy atom. The summed E-state index contributed by atoms with van der Waals surface area (Å²) in [6.07, 6.45) is 3.21. The lowest BCUT2D eigenvalue weighted by Gasteiger charge is -2.03. The highest BCUT2D eigenvalue weighted by Gasteiger charge is 2.18. The average Bonchev–Trinajstić information content (AvgIpc) is 2.60. The summed E-state index contributed by atoms with van der Waals surface area (Å²) in [7, 11) is 0. The van der Waals surface area contributed by atoms with E-state index in [4.69, 9.17) is 10.8 Å². The predicted molar refractivity (Wildman–Crippen MR) is 50.7 cm³/mol. The molecule has 72 valence electrons. The molecule has 4 N–H and O–H groups in total. The van der Waals surface area contributed by atoms with Crippen LogP contribution in [0.5, 0.6) is 0 Å². The molecule has 0 aromatic carbocycles. The van der Waals surface area contributed by atoms with Gasteiger partial charge >= 0.3 is 5.97 Å². The molecule has 0 bridgehead atoms. The van der Waals surface area contributed by atoms with Crippen molar-refractivity contribution in [1.29, 1.82) is 0 Å². The maximum Gasteiger partial charge on any atom is 0.325 e. The summed E-state index contributed by atoms with van der Waals surface area (Å²) in [4.78, 5) is 17.6. The fraction of sp³-hybridized carbons (Fsp3) is 0.111. The molecule has 0 aliphatic carbocycles. The van der Waals surface area contributed by atoms with Crippen LogP contribution in [0.2, 0.25) is 0 Å². The molecule has 5 nitrogen and oxygen atoms in total. The van der Waals surface area contributed by atoms with Gasteiger partial charge in [0.15, 0.2) is 0 Å². The van der Waals surface area contributed by atoms with Crippen molar-refractivity contribution in [3.05, 3.63) is 30.1 Å². The number of rotatable bonds is 2. The Labute approximate surface area is 79.6 Å². The van der Waals surface area contributed by atoms with Crippen LogP contribution >= 0.6 is 0 Å². The van der Waals surface area contributed by atoms with Gasteiger partial charge in [-0.2, -0.15) is 0 Å². The van der Waals surface area contributed by atoms with E-state index < -0.39 is 12.0 Å². The summed E-state index contributed by atoms with van der Waals surface area (Å²) in [5.41, 5.74) is 6.71. The zero-order chi connectivity index (χ0) is 10.1. The first-order valence-corrected chi connectivity index (χ1v) is 4.10. The maximum atomic E-state index is 10.7. The highest BCUT2D eigenvalue weighted by molar-refractivity contribution is 5.86. The first kappa shape index (κ1) is 8.71. The van der Waals surface area contributed by atoms with Crippen LogP contribution in [-0.2, 0) is 4.79 Å². The molecule has 2 heterocycles. The second-order valence-electron chi connectivity index (χ2n) is 2.96. The number of aromatic nitrogens is 2. The molecule has 1 unspecified atom stereocenters. The number of hydrogen-bond donors (Lipinski definition) is 3. The Hall–Kier alpha value is -1.88. The van der Waals surface area contributed by atoms with Crippen molar-refractivity contribution in [3.63, 3.8) is 0 Å². The second kappa shape index (κ2) is 3.12. The Morgan fingerprint density at radius 1 is 1.64 bits per heavy atom. The standard InChI is InChI=1S/C9H9N3O2/c10-7(9(13)14)6-4-12-8-5(6)2-1-3-11-8/h1-4,7H,10H2,(H,11,12)(H,13,14). The Balaban J connectivity index is 2.58. The maximum absolute atomic E-state index is 10.7.